The molecule has 0 unspecified atom stereocenters. The highest BCUT2D eigenvalue weighted by Crippen LogP contribution is 2.18. The van der Waals surface area contributed by atoms with E-state index in [0.717, 1.165) is 3.57 Å². The monoisotopic (exact) mass is 400 g/mol. The van der Waals surface area contributed by atoms with Gasteiger partial charge in [0.05, 0.1) is 5.56 Å². The van der Waals surface area contributed by atoms with E-state index in [-0.39, 0.29) is 5.57 Å². The van der Waals surface area contributed by atoms with Crippen molar-refractivity contribution in [1.82, 2.24) is 0 Å². The quantitative estimate of drug-likeness (QED) is 0.339. The topological polar surface area (TPSA) is 73.9 Å². The van der Waals surface area contributed by atoms with E-state index in [4.69, 9.17) is 15.3 Å². The molecule has 0 aliphatic rings. The number of rotatable bonds is 3. The van der Waals surface area contributed by atoms with Gasteiger partial charge in [-0.15, -0.1) is 0 Å². The zero-order chi connectivity index (χ0) is 15.9. The van der Waals surface area contributed by atoms with Crippen LogP contribution in [0.2, 0.25) is 0 Å². The van der Waals surface area contributed by atoms with Gasteiger partial charge >= 0.3 is 5.97 Å². The highest BCUT2D eigenvalue weighted by atomic mass is 127. The lowest BCUT2D eigenvalue weighted by molar-refractivity contribution is 0.0733. The molecule has 2 rings (SSSR count). The lowest BCUT2D eigenvalue weighted by Crippen LogP contribution is -2.10. The zero-order valence-electron chi connectivity index (χ0n) is 11.3. The third-order valence-corrected chi connectivity index (χ3v) is 3.68. The number of nitriles is 2. The second kappa shape index (κ2) is 7.39. The fraction of sp³-hybridized carbons (Fsp3) is 0. The third kappa shape index (κ3) is 3.94. The van der Waals surface area contributed by atoms with Gasteiger partial charge in [0.15, 0.2) is 0 Å². The molecule has 0 amide bonds. The minimum absolute atomic E-state index is 0.0172. The Kier molecular flexibility index (Phi) is 5.29. The van der Waals surface area contributed by atoms with Crippen LogP contribution in [-0.2, 0) is 0 Å². The summed E-state index contributed by atoms with van der Waals surface area (Å²) in [6.07, 6.45) is 1.46. The van der Waals surface area contributed by atoms with Gasteiger partial charge < -0.3 is 4.74 Å². The molecule has 0 spiro atoms. The summed E-state index contributed by atoms with van der Waals surface area (Å²) in [6.45, 7) is 0. The first-order valence-corrected chi connectivity index (χ1v) is 7.30. The van der Waals surface area contributed by atoms with Gasteiger partial charge in [-0.05, 0) is 58.5 Å². The third-order valence-electron chi connectivity index (χ3n) is 2.74. The molecule has 0 heterocycles. The van der Waals surface area contributed by atoms with Crippen molar-refractivity contribution in [2.75, 3.05) is 0 Å². The van der Waals surface area contributed by atoms with Gasteiger partial charge in [0.25, 0.3) is 0 Å². The molecule has 2 aromatic rings. The Hall–Kier alpha value is -2.64. The highest BCUT2D eigenvalue weighted by molar-refractivity contribution is 14.1. The largest absolute Gasteiger partial charge is 0.423 e. The number of ether oxygens (including phenoxy) is 1. The Bertz CT molecular complexity index is 796. The van der Waals surface area contributed by atoms with Crippen molar-refractivity contribution in [3.63, 3.8) is 0 Å². The molecule has 22 heavy (non-hydrogen) atoms. The molecule has 0 saturated carbocycles. The maximum absolute atomic E-state index is 12.1. The van der Waals surface area contributed by atoms with E-state index >= 15 is 0 Å². The molecule has 0 bridgehead atoms. The Morgan fingerprint density at radius 3 is 2.27 bits per heavy atom. The standard InChI is InChI=1S/C17H9IN2O2/c18-16-4-2-1-3-15(16)17(21)22-14-7-5-12(6-8-14)9-13(10-19)11-20/h1-9H. The maximum atomic E-state index is 12.1. The van der Waals surface area contributed by atoms with E-state index in [9.17, 15) is 4.79 Å². The average molecular weight is 400 g/mol. The zero-order valence-corrected chi connectivity index (χ0v) is 13.4. The number of halogens is 1. The second-order valence-corrected chi connectivity index (χ2v) is 5.38. The fourth-order valence-corrected chi connectivity index (χ4v) is 2.28. The summed E-state index contributed by atoms with van der Waals surface area (Å²) in [4.78, 5) is 12.1. The molecule has 106 valence electrons. The summed E-state index contributed by atoms with van der Waals surface area (Å²) in [7, 11) is 0. The number of esters is 1. The van der Waals surface area contributed by atoms with Gasteiger partial charge in [0, 0.05) is 3.57 Å². The maximum Gasteiger partial charge on any atom is 0.344 e. The number of allylic oxidation sites excluding steroid dienone is 1. The predicted octanol–water partition coefficient (Wildman–Crippen LogP) is 3.94. The second-order valence-electron chi connectivity index (χ2n) is 4.22. The molecule has 0 aromatic heterocycles. The van der Waals surface area contributed by atoms with Crippen LogP contribution in [-0.4, -0.2) is 5.97 Å². The number of hydrogen-bond acceptors (Lipinski definition) is 4. The Morgan fingerprint density at radius 2 is 1.68 bits per heavy atom. The molecule has 0 aliphatic carbocycles. The van der Waals surface area contributed by atoms with Gasteiger partial charge in [-0.3, -0.25) is 0 Å². The molecule has 0 N–H and O–H groups in total. The first-order valence-electron chi connectivity index (χ1n) is 6.22. The summed E-state index contributed by atoms with van der Waals surface area (Å²) in [5, 5.41) is 17.4. The molecule has 0 saturated heterocycles. The number of hydrogen-bond donors (Lipinski definition) is 0. The van der Waals surface area contributed by atoms with E-state index < -0.39 is 5.97 Å². The summed E-state index contributed by atoms with van der Waals surface area (Å²) in [6, 6.07) is 17.3. The van der Waals surface area contributed by atoms with Crippen LogP contribution in [0.1, 0.15) is 15.9 Å². The van der Waals surface area contributed by atoms with Crippen LogP contribution in [0.5, 0.6) is 5.75 Å². The van der Waals surface area contributed by atoms with Crippen molar-refractivity contribution < 1.29 is 9.53 Å². The van der Waals surface area contributed by atoms with E-state index in [1.54, 1.807) is 48.5 Å². The van der Waals surface area contributed by atoms with Gasteiger partial charge in [-0.2, -0.15) is 10.5 Å². The predicted molar refractivity (Wildman–Crippen MR) is 89.8 cm³/mol. The van der Waals surface area contributed by atoms with Crippen LogP contribution in [0.4, 0.5) is 0 Å². The Morgan fingerprint density at radius 1 is 1.05 bits per heavy atom. The molecule has 2 aromatic carbocycles. The smallest absolute Gasteiger partial charge is 0.344 e. The molecular formula is C17H9IN2O2. The van der Waals surface area contributed by atoms with Gasteiger partial charge in [0.1, 0.15) is 23.5 Å². The van der Waals surface area contributed by atoms with Crippen LogP contribution in [0.3, 0.4) is 0 Å². The van der Waals surface area contributed by atoms with Crippen LogP contribution >= 0.6 is 22.6 Å². The van der Waals surface area contributed by atoms with Crippen molar-refractivity contribution in [2.45, 2.75) is 0 Å². The molecule has 4 nitrogen and oxygen atoms in total. The lowest BCUT2D eigenvalue weighted by Gasteiger charge is -2.06. The molecule has 0 atom stereocenters. The van der Waals surface area contributed by atoms with Crippen LogP contribution in [0.15, 0.2) is 54.1 Å². The van der Waals surface area contributed by atoms with Crippen LogP contribution in [0, 0.1) is 26.2 Å². The molecule has 0 aliphatic heterocycles. The van der Waals surface area contributed by atoms with Crippen molar-refractivity contribution in [2.24, 2.45) is 0 Å². The first-order chi connectivity index (χ1) is 10.6. The van der Waals surface area contributed by atoms with Crippen LogP contribution in [0.25, 0.3) is 6.08 Å². The summed E-state index contributed by atoms with van der Waals surface area (Å²) in [5.74, 6) is -0.0275. The van der Waals surface area contributed by atoms with Gasteiger partial charge in [-0.1, -0.05) is 24.3 Å². The molecular weight excluding hydrogens is 391 g/mol. The lowest BCUT2D eigenvalue weighted by atomic mass is 10.1. The normalized spacial score (nSPS) is 9.23. The fourth-order valence-electron chi connectivity index (χ4n) is 1.68. The first kappa shape index (κ1) is 15.7. The Labute approximate surface area is 141 Å². The molecule has 0 radical (unpaired) electrons. The average Bonchev–Trinajstić information content (AvgIpc) is 2.54. The van der Waals surface area contributed by atoms with E-state index in [0.29, 0.717) is 16.9 Å². The Balaban J connectivity index is 2.14. The van der Waals surface area contributed by atoms with Crippen LogP contribution < -0.4 is 4.74 Å². The summed E-state index contributed by atoms with van der Waals surface area (Å²) < 4.78 is 6.12. The molecule has 5 heteroatoms. The number of benzene rings is 2. The van der Waals surface area contributed by atoms with Crippen molar-refractivity contribution >= 4 is 34.6 Å². The molecule has 0 fully saturated rings. The van der Waals surface area contributed by atoms with Gasteiger partial charge in [0.2, 0.25) is 0 Å². The van der Waals surface area contributed by atoms with Gasteiger partial charge in [-0.25, -0.2) is 4.79 Å². The van der Waals surface area contributed by atoms with Crippen molar-refractivity contribution in [3.8, 4) is 17.9 Å². The van der Waals surface area contributed by atoms with E-state index in [1.807, 2.05) is 12.1 Å². The van der Waals surface area contributed by atoms with E-state index in [2.05, 4.69) is 22.6 Å². The summed E-state index contributed by atoms with van der Waals surface area (Å²) in [5.41, 5.74) is 1.21. The minimum atomic E-state index is -0.428. The van der Waals surface area contributed by atoms with Crippen molar-refractivity contribution in [1.29, 1.82) is 10.5 Å². The number of nitrogens with zero attached hydrogens (tertiary/aromatic N) is 2. The SMILES string of the molecule is N#CC(C#N)=Cc1ccc(OC(=O)c2ccccc2I)cc1. The number of carbonyl (C=O) groups excluding carboxylic acids is 1. The summed E-state index contributed by atoms with van der Waals surface area (Å²) >= 11 is 2.08. The van der Waals surface area contributed by atoms with Crippen molar-refractivity contribution in [3.05, 3.63) is 68.8 Å². The minimum Gasteiger partial charge on any atom is -0.423 e. The number of carbonyl (C=O) groups is 1. The highest BCUT2D eigenvalue weighted by Gasteiger charge is 2.11. The van der Waals surface area contributed by atoms with E-state index in [1.165, 1.54) is 6.08 Å².